The molecule has 1 aromatic rings. The number of aromatic nitrogens is 1. The Kier molecular flexibility index (Phi) is 10.0. The van der Waals surface area contributed by atoms with Gasteiger partial charge >= 0.3 is 0 Å². The lowest BCUT2D eigenvalue weighted by Crippen LogP contribution is -2.49. The maximum Gasteiger partial charge on any atom is 0.222 e. The maximum absolute atomic E-state index is 12.6. The molecule has 1 unspecified atom stereocenters. The van der Waals surface area contributed by atoms with Crippen LogP contribution in [0.4, 0.5) is 5.82 Å². The Balaban J connectivity index is 0.00000169. The number of piperidine rings is 1. The highest BCUT2D eigenvalue weighted by atomic mass is 35.5. The van der Waals surface area contributed by atoms with E-state index in [1.807, 2.05) is 17.0 Å². The van der Waals surface area contributed by atoms with Crippen molar-refractivity contribution in [2.24, 2.45) is 11.8 Å². The summed E-state index contributed by atoms with van der Waals surface area (Å²) in [6.07, 6.45) is 4.76. The van der Waals surface area contributed by atoms with E-state index in [0.29, 0.717) is 29.2 Å². The van der Waals surface area contributed by atoms with Gasteiger partial charge < -0.3 is 15.1 Å². The Morgan fingerprint density at radius 1 is 1.23 bits per heavy atom. The molecule has 26 heavy (non-hydrogen) atoms. The SMILES string of the molecule is CC(CC(=O)N1CCN(c2ccc(Cl)cn2)CC1)C1CCNCC1.Cl.Cl. The number of pyridine rings is 1. The number of rotatable bonds is 4. The van der Waals surface area contributed by atoms with E-state index in [1.165, 1.54) is 12.8 Å². The second-order valence-corrected chi connectivity index (χ2v) is 7.41. The molecular formula is C18H29Cl3N4O. The first-order valence-electron chi connectivity index (χ1n) is 8.98. The molecule has 8 heteroatoms. The zero-order chi connectivity index (χ0) is 16.9. The van der Waals surface area contributed by atoms with Crippen molar-refractivity contribution in [3.05, 3.63) is 23.4 Å². The first-order chi connectivity index (χ1) is 11.6. The van der Waals surface area contributed by atoms with Crippen LogP contribution in [0.5, 0.6) is 0 Å². The van der Waals surface area contributed by atoms with E-state index in [2.05, 4.69) is 22.1 Å². The summed E-state index contributed by atoms with van der Waals surface area (Å²) in [6, 6.07) is 3.81. The highest BCUT2D eigenvalue weighted by molar-refractivity contribution is 6.30. The number of piperazine rings is 1. The van der Waals surface area contributed by atoms with Gasteiger partial charge in [-0.2, -0.15) is 0 Å². The second kappa shape index (κ2) is 11.2. The van der Waals surface area contributed by atoms with Gasteiger partial charge in [-0.3, -0.25) is 4.79 Å². The lowest BCUT2D eigenvalue weighted by Gasteiger charge is -2.36. The number of halogens is 3. The summed E-state index contributed by atoms with van der Waals surface area (Å²) >= 11 is 5.89. The van der Waals surface area contributed by atoms with Gasteiger partial charge in [-0.05, 0) is 49.9 Å². The molecule has 2 fully saturated rings. The molecule has 0 saturated carbocycles. The van der Waals surface area contributed by atoms with Crippen LogP contribution in [-0.2, 0) is 4.79 Å². The molecule has 5 nitrogen and oxygen atoms in total. The first kappa shape index (κ1) is 23.3. The van der Waals surface area contributed by atoms with Gasteiger partial charge in [0.1, 0.15) is 5.82 Å². The highest BCUT2D eigenvalue weighted by Gasteiger charge is 2.26. The van der Waals surface area contributed by atoms with Gasteiger partial charge in [-0.1, -0.05) is 18.5 Å². The van der Waals surface area contributed by atoms with Gasteiger partial charge in [0.25, 0.3) is 0 Å². The third-order valence-corrected chi connectivity index (χ3v) is 5.58. The third-order valence-electron chi connectivity index (χ3n) is 5.35. The van der Waals surface area contributed by atoms with Crippen molar-refractivity contribution in [1.29, 1.82) is 0 Å². The molecule has 2 aliphatic heterocycles. The molecule has 1 amide bonds. The number of hydrogen-bond donors (Lipinski definition) is 1. The van der Waals surface area contributed by atoms with Crippen molar-refractivity contribution in [1.82, 2.24) is 15.2 Å². The fourth-order valence-electron chi connectivity index (χ4n) is 3.72. The molecule has 1 aromatic heterocycles. The van der Waals surface area contributed by atoms with E-state index < -0.39 is 0 Å². The summed E-state index contributed by atoms with van der Waals surface area (Å²) in [4.78, 5) is 21.2. The minimum absolute atomic E-state index is 0. The van der Waals surface area contributed by atoms with Gasteiger partial charge in [0.05, 0.1) is 5.02 Å². The van der Waals surface area contributed by atoms with Crippen LogP contribution >= 0.6 is 36.4 Å². The van der Waals surface area contributed by atoms with E-state index in [-0.39, 0.29) is 24.8 Å². The molecule has 0 aliphatic carbocycles. The van der Waals surface area contributed by atoms with Crippen molar-refractivity contribution >= 4 is 48.1 Å². The van der Waals surface area contributed by atoms with Crippen LogP contribution in [0.2, 0.25) is 5.02 Å². The lowest BCUT2D eigenvalue weighted by molar-refractivity contribution is -0.132. The largest absolute Gasteiger partial charge is 0.353 e. The van der Waals surface area contributed by atoms with Crippen LogP contribution in [0.15, 0.2) is 18.3 Å². The molecule has 0 bridgehead atoms. The topological polar surface area (TPSA) is 48.5 Å². The van der Waals surface area contributed by atoms with Crippen LogP contribution in [-0.4, -0.2) is 55.1 Å². The monoisotopic (exact) mass is 422 g/mol. The summed E-state index contributed by atoms with van der Waals surface area (Å²) in [5, 5.41) is 4.05. The van der Waals surface area contributed by atoms with Crippen molar-refractivity contribution in [2.75, 3.05) is 44.2 Å². The number of carbonyl (C=O) groups excluding carboxylic acids is 1. The van der Waals surface area contributed by atoms with Gasteiger partial charge in [-0.25, -0.2) is 4.98 Å². The summed E-state index contributed by atoms with van der Waals surface area (Å²) < 4.78 is 0. The normalized spacial score (nSPS) is 19.3. The maximum atomic E-state index is 12.6. The molecule has 3 heterocycles. The molecule has 3 rings (SSSR count). The second-order valence-electron chi connectivity index (χ2n) is 6.97. The average molecular weight is 424 g/mol. The number of anilines is 1. The predicted octanol–water partition coefficient (Wildman–Crippen LogP) is 3.25. The average Bonchev–Trinajstić information content (AvgIpc) is 2.63. The standard InChI is InChI=1S/C18H27ClN4O.2ClH/c1-14(15-4-6-20-7-5-15)12-18(24)23-10-8-22(9-11-23)17-3-2-16(19)13-21-17;;/h2-3,13-15,20H,4-12H2,1H3;2*1H. The van der Waals surface area contributed by atoms with Gasteiger partial charge in [0, 0.05) is 38.8 Å². The minimum atomic E-state index is 0. The molecule has 0 aromatic carbocycles. The van der Waals surface area contributed by atoms with Crippen molar-refractivity contribution in [3.63, 3.8) is 0 Å². The number of amides is 1. The Labute approximate surface area is 173 Å². The Morgan fingerprint density at radius 2 is 1.88 bits per heavy atom. The fraction of sp³-hybridized carbons (Fsp3) is 0.667. The third kappa shape index (κ3) is 6.15. The quantitative estimate of drug-likeness (QED) is 0.807. The van der Waals surface area contributed by atoms with Gasteiger partial charge in [0.2, 0.25) is 5.91 Å². The number of hydrogen-bond acceptors (Lipinski definition) is 4. The van der Waals surface area contributed by atoms with Gasteiger partial charge in [0.15, 0.2) is 0 Å². The Morgan fingerprint density at radius 3 is 2.46 bits per heavy atom. The smallest absolute Gasteiger partial charge is 0.222 e. The zero-order valence-electron chi connectivity index (χ0n) is 15.2. The fourth-order valence-corrected chi connectivity index (χ4v) is 3.84. The minimum Gasteiger partial charge on any atom is -0.353 e. The highest BCUT2D eigenvalue weighted by Crippen LogP contribution is 2.25. The lowest BCUT2D eigenvalue weighted by atomic mass is 9.84. The van der Waals surface area contributed by atoms with E-state index >= 15 is 0 Å². The van der Waals surface area contributed by atoms with Crippen LogP contribution < -0.4 is 10.2 Å². The summed E-state index contributed by atoms with van der Waals surface area (Å²) in [5.41, 5.74) is 0. The van der Waals surface area contributed by atoms with Crippen molar-refractivity contribution in [2.45, 2.75) is 26.2 Å². The summed E-state index contributed by atoms with van der Waals surface area (Å²) in [5.74, 6) is 2.42. The van der Waals surface area contributed by atoms with Crippen LogP contribution in [0, 0.1) is 11.8 Å². The van der Waals surface area contributed by atoms with E-state index in [9.17, 15) is 4.79 Å². The van der Waals surface area contributed by atoms with Crippen molar-refractivity contribution < 1.29 is 4.79 Å². The predicted molar refractivity (Wildman–Crippen MR) is 112 cm³/mol. The van der Waals surface area contributed by atoms with Crippen LogP contribution in [0.25, 0.3) is 0 Å². The van der Waals surface area contributed by atoms with E-state index in [4.69, 9.17) is 11.6 Å². The van der Waals surface area contributed by atoms with Gasteiger partial charge in [-0.15, -0.1) is 24.8 Å². The van der Waals surface area contributed by atoms with Crippen LogP contribution in [0.1, 0.15) is 26.2 Å². The number of nitrogens with one attached hydrogen (secondary N) is 1. The Bertz CT molecular complexity index is 544. The molecule has 0 spiro atoms. The van der Waals surface area contributed by atoms with Crippen LogP contribution in [0.3, 0.4) is 0 Å². The molecule has 0 radical (unpaired) electrons. The summed E-state index contributed by atoms with van der Waals surface area (Å²) in [7, 11) is 0. The molecule has 148 valence electrons. The number of carbonyl (C=O) groups is 1. The summed E-state index contributed by atoms with van der Waals surface area (Å²) in [6.45, 7) is 7.65. The zero-order valence-corrected chi connectivity index (χ0v) is 17.6. The first-order valence-corrected chi connectivity index (χ1v) is 9.36. The molecular weight excluding hydrogens is 395 g/mol. The molecule has 2 aliphatic rings. The molecule has 1 N–H and O–H groups in total. The van der Waals surface area contributed by atoms with E-state index in [0.717, 1.165) is 45.1 Å². The van der Waals surface area contributed by atoms with E-state index in [1.54, 1.807) is 6.20 Å². The molecule has 2 saturated heterocycles. The number of nitrogens with zero attached hydrogens (tertiary/aromatic N) is 3. The Hall–Kier alpha value is -0.750. The molecule has 1 atom stereocenters. The van der Waals surface area contributed by atoms with Crippen molar-refractivity contribution in [3.8, 4) is 0 Å².